The van der Waals surface area contributed by atoms with Gasteiger partial charge in [0, 0.05) is 12.2 Å². The SMILES string of the molecule is COC(=O)c1ccccc1CS(=O)(=O)Nc1ccc(C)n(CC(=O)N[C@H](C=O)CCCN=C(N)N)c1=O. The molecule has 13 nitrogen and oxygen atoms in total. The fraction of sp³-hybridized carbons (Fsp3) is 0.348. The molecule has 14 heteroatoms. The summed E-state index contributed by atoms with van der Waals surface area (Å²) in [7, 11) is -2.94. The van der Waals surface area contributed by atoms with Gasteiger partial charge in [-0.1, -0.05) is 18.2 Å². The van der Waals surface area contributed by atoms with Gasteiger partial charge >= 0.3 is 5.97 Å². The topological polar surface area (TPSA) is 205 Å². The lowest BCUT2D eigenvalue weighted by Gasteiger charge is -2.16. The van der Waals surface area contributed by atoms with Gasteiger partial charge in [0.05, 0.1) is 24.5 Å². The van der Waals surface area contributed by atoms with Crippen LogP contribution in [0.3, 0.4) is 0 Å². The third-order valence-corrected chi connectivity index (χ3v) is 6.43. The maximum atomic E-state index is 13.0. The summed E-state index contributed by atoms with van der Waals surface area (Å²) in [5, 5.41) is 2.52. The summed E-state index contributed by atoms with van der Waals surface area (Å²) >= 11 is 0. The molecule has 2 rings (SSSR count). The van der Waals surface area contributed by atoms with Crippen molar-refractivity contribution >= 4 is 39.8 Å². The Morgan fingerprint density at radius 2 is 1.89 bits per heavy atom. The molecular weight excluding hydrogens is 504 g/mol. The van der Waals surface area contributed by atoms with E-state index in [-0.39, 0.29) is 35.7 Å². The number of aliphatic imine (C=N–C) groups is 1. The number of carbonyl (C=O) groups excluding carboxylic acids is 3. The highest BCUT2D eigenvalue weighted by Crippen LogP contribution is 2.16. The minimum absolute atomic E-state index is 0.0790. The molecule has 0 saturated heterocycles. The zero-order chi connectivity index (χ0) is 27.6. The lowest BCUT2D eigenvalue weighted by Crippen LogP contribution is -2.40. The van der Waals surface area contributed by atoms with Crippen molar-refractivity contribution in [2.75, 3.05) is 18.4 Å². The molecule has 1 heterocycles. The maximum Gasteiger partial charge on any atom is 0.338 e. The number of hydrogen-bond donors (Lipinski definition) is 4. The first-order chi connectivity index (χ1) is 17.5. The molecule has 0 fully saturated rings. The van der Waals surface area contributed by atoms with E-state index < -0.39 is 45.8 Å². The molecule has 200 valence electrons. The summed E-state index contributed by atoms with van der Waals surface area (Å²) < 4.78 is 33.6. The van der Waals surface area contributed by atoms with Crippen LogP contribution in [0.1, 0.15) is 34.5 Å². The van der Waals surface area contributed by atoms with Crippen LogP contribution in [0.5, 0.6) is 0 Å². The van der Waals surface area contributed by atoms with Crippen LogP contribution in [-0.2, 0) is 36.6 Å². The number of pyridine rings is 1. The van der Waals surface area contributed by atoms with Crippen LogP contribution in [0.25, 0.3) is 0 Å². The van der Waals surface area contributed by atoms with Gasteiger partial charge in [-0.05, 0) is 43.5 Å². The van der Waals surface area contributed by atoms with Crippen LogP contribution >= 0.6 is 0 Å². The zero-order valence-corrected chi connectivity index (χ0v) is 21.3. The molecule has 1 aromatic carbocycles. The first kappa shape index (κ1) is 29.0. The van der Waals surface area contributed by atoms with Crippen molar-refractivity contribution in [2.45, 2.75) is 38.1 Å². The molecule has 6 N–H and O–H groups in total. The van der Waals surface area contributed by atoms with Gasteiger partial charge in [-0.3, -0.25) is 19.3 Å². The Morgan fingerprint density at radius 1 is 1.19 bits per heavy atom. The molecule has 0 saturated carbocycles. The largest absolute Gasteiger partial charge is 0.465 e. The molecule has 0 aliphatic carbocycles. The van der Waals surface area contributed by atoms with Gasteiger partial charge in [-0.25, -0.2) is 13.2 Å². The minimum Gasteiger partial charge on any atom is -0.465 e. The van der Waals surface area contributed by atoms with E-state index in [0.29, 0.717) is 18.4 Å². The van der Waals surface area contributed by atoms with Crippen molar-refractivity contribution < 1.29 is 27.5 Å². The van der Waals surface area contributed by atoms with E-state index in [1.165, 1.54) is 31.4 Å². The third kappa shape index (κ3) is 8.75. The number of nitrogens with one attached hydrogen (secondary N) is 2. The number of aromatic nitrogens is 1. The lowest BCUT2D eigenvalue weighted by molar-refractivity contribution is -0.124. The van der Waals surface area contributed by atoms with Crippen molar-refractivity contribution in [1.82, 2.24) is 9.88 Å². The van der Waals surface area contributed by atoms with Crippen LogP contribution in [0.15, 0.2) is 46.2 Å². The smallest absolute Gasteiger partial charge is 0.338 e. The average Bonchev–Trinajstić information content (AvgIpc) is 2.84. The molecule has 37 heavy (non-hydrogen) atoms. The van der Waals surface area contributed by atoms with Gasteiger partial charge in [0.15, 0.2) is 5.96 Å². The normalized spacial score (nSPS) is 11.7. The second-order valence-corrected chi connectivity index (χ2v) is 9.77. The monoisotopic (exact) mass is 534 g/mol. The van der Waals surface area contributed by atoms with Crippen molar-refractivity contribution in [3.8, 4) is 0 Å². The van der Waals surface area contributed by atoms with Crippen molar-refractivity contribution in [3.05, 3.63) is 63.6 Å². The number of aryl methyl sites for hydroxylation is 1. The molecule has 0 bridgehead atoms. The van der Waals surface area contributed by atoms with Gasteiger partial charge in [-0.15, -0.1) is 0 Å². The van der Waals surface area contributed by atoms with Gasteiger partial charge in [-0.2, -0.15) is 0 Å². The van der Waals surface area contributed by atoms with E-state index >= 15 is 0 Å². The number of nitrogens with zero attached hydrogens (tertiary/aromatic N) is 2. The Labute approximate surface area is 213 Å². The molecule has 0 spiro atoms. The lowest BCUT2D eigenvalue weighted by atomic mass is 10.1. The maximum absolute atomic E-state index is 13.0. The van der Waals surface area contributed by atoms with Crippen LogP contribution in [0, 0.1) is 6.92 Å². The second-order valence-electron chi connectivity index (χ2n) is 8.05. The van der Waals surface area contributed by atoms with Crippen molar-refractivity contribution in [2.24, 2.45) is 16.5 Å². The van der Waals surface area contributed by atoms with Crippen molar-refractivity contribution in [1.29, 1.82) is 0 Å². The highest BCUT2D eigenvalue weighted by atomic mass is 32.2. The van der Waals surface area contributed by atoms with Crippen LogP contribution in [-0.4, -0.2) is 56.8 Å². The number of nitrogens with two attached hydrogens (primary N) is 2. The Kier molecular flexibility index (Phi) is 10.4. The highest BCUT2D eigenvalue weighted by molar-refractivity contribution is 7.91. The summed E-state index contributed by atoms with van der Waals surface area (Å²) in [6.45, 7) is 1.42. The van der Waals surface area contributed by atoms with E-state index in [2.05, 4.69) is 19.8 Å². The average molecular weight is 535 g/mol. The highest BCUT2D eigenvalue weighted by Gasteiger charge is 2.21. The van der Waals surface area contributed by atoms with E-state index in [0.717, 1.165) is 4.57 Å². The summed E-state index contributed by atoms with van der Waals surface area (Å²) in [5.74, 6) is -1.98. The first-order valence-electron chi connectivity index (χ1n) is 11.1. The van der Waals surface area contributed by atoms with Crippen LogP contribution in [0.2, 0.25) is 0 Å². The predicted octanol–water partition coefficient (Wildman–Crippen LogP) is -0.377. The number of benzene rings is 1. The van der Waals surface area contributed by atoms with Gasteiger partial charge in [0.2, 0.25) is 15.9 Å². The van der Waals surface area contributed by atoms with Crippen LogP contribution < -0.4 is 27.1 Å². The molecular formula is C23H30N6O7S. The molecule has 2 aromatic rings. The number of ether oxygens (including phenoxy) is 1. The fourth-order valence-electron chi connectivity index (χ4n) is 3.40. The van der Waals surface area contributed by atoms with Gasteiger partial charge in [0.25, 0.3) is 5.56 Å². The van der Waals surface area contributed by atoms with E-state index in [4.69, 9.17) is 11.5 Å². The number of guanidine groups is 1. The molecule has 0 aliphatic heterocycles. The number of rotatable bonds is 13. The van der Waals surface area contributed by atoms with Crippen molar-refractivity contribution in [3.63, 3.8) is 0 Å². The Hall–Kier alpha value is -4.20. The number of methoxy groups -OCH3 is 1. The number of hydrogen-bond acceptors (Lipinski definition) is 8. The van der Waals surface area contributed by atoms with E-state index in [1.807, 2.05) is 0 Å². The molecule has 0 unspecified atom stereocenters. The summed E-state index contributed by atoms with van der Waals surface area (Å²) in [5.41, 5.74) is 10.1. The molecule has 1 amide bonds. The molecule has 1 aromatic heterocycles. The fourth-order valence-corrected chi connectivity index (χ4v) is 4.62. The standard InChI is InChI=1S/C23H30N6O7S/c1-15-9-10-19(28-37(34,35)14-16-6-3-4-8-18(16)22(33)36-2)21(32)29(15)12-20(31)27-17(13-30)7-5-11-26-23(24)25/h3-4,6,8-10,13,17,28H,5,7,11-12,14H2,1-2H3,(H,27,31)(H4,24,25,26)/t17-/m0/s1. The zero-order valence-electron chi connectivity index (χ0n) is 20.5. The minimum atomic E-state index is -4.12. The molecule has 0 aliphatic rings. The van der Waals surface area contributed by atoms with Gasteiger partial charge in [0.1, 0.15) is 18.5 Å². The quantitative estimate of drug-likeness (QED) is 0.0867. The number of aldehydes is 1. The third-order valence-electron chi connectivity index (χ3n) is 5.21. The van der Waals surface area contributed by atoms with E-state index in [1.54, 1.807) is 19.1 Å². The Morgan fingerprint density at radius 3 is 2.54 bits per heavy atom. The summed E-state index contributed by atoms with van der Waals surface area (Å²) in [4.78, 5) is 52.6. The summed E-state index contributed by atoms with van der Waals surface area (Å²) in [6, 6.07) is 7.98. The summed E-state index contributed by atoms with van der Waals surface area (Å²) in [6.07, 6.45) is 1.30. The van der Waals surface area contributed by atoms with Gasteiger partial charge < -0.3 is 30.9 Å². The number of sulfonamides is 1. The molecule has 0 radical (unpaired) electrons. The second kappa shape index (κ2) is 13.2. The van der Waals surface area contributed by atoms with E-state index in [9.17, 15) is 27.6 Å². The number of esters is 1. The number of carbonyl (C=O) groups is 3. The Bertz CT molecular complexity index is 1330. The molecule has 1 atom stereocenters. The predicted molar refractivity (Wildman–Crippen MR) is 137 cm³/mol. The first-order valence-corrected chi connectivity index (χ1v) is 12.8. The van der Waals surface area contributed by atoms with Crippen LogP contribution in [0.4, 0.5) is 5.69 Å². The number of anilines is 1. The Balaban J connectivity index is 2.15. The number of amides is 1.